The SMILES string of the molecule is Cl.O=C(c1ccc(-n2cnnn2)cc1)N1CCCNCC1. The van der Waals surface area contributed by atoms with Crippen LogP contribution in [0.1, 0.15) is 16.8 Å². The second kappa shape index (κ2) is 7.14. The predicted molar refractivity (Wildman–Crippen MR) is 79.8 cm³/mol. The molecule has 2 aromatic rings. The van der Waals surface area contributed by atoms with E-state index in [1.807, 2.05) is 29.2 Å². The van der Waals surface area contributed by atoms with E-state index in [0.29, 0.717) is 5.56 Å². The van der Waals surface area contributed by atoms with Crippen molar-refractivity contribution in [2.45, 2.75) is 6.42 Å². The number of nitrogens with one attached hydrogen (secondary N) is 1. The predicted octanol–water partition coefficient (Wildman–Crippen LogP) is 0.520. The van der Waals surface area contributed by atoms with Crippen LogP contribution < -0.4 is 5.32 Å². The number of amides is 1. The molecule has 2 heterocycles. The first kappa shape index (κ1) is 15.4. The maximum absolute atomic E-state index is 12.4. The summed E-state index contributed by atoms with van der Waals surface area (Å²) < 4.78 is 1.56. The van der Waals surface area contributed by atoms with Gasteiger partial charge in [-0.25, -0.2) is 4.68 Å². The number of halogens is 1. The van der Waals surface area contributed by atoms with Crippen LogP contribution in [0.3, 0.4) is 0 Å². The van der Waals surface area contributed by atoms with E-state index in [9.17, 15) is 4.79 Å². The van der Waals surface area contributed by atoms with Crippen LogP contribution in [-0.2, 0) is 0 Å². The molecule has 112 valence electrons. The summed E-state index contributed by atoms with van der Waals surface area (Å²) in [7, 11) is 0. The highest BCUT2D eigenvalue weighted by molar-refractivity contribution is 5.94. The molecule has 0 radical (unpaired) electrons. The van der Waals surface area contributed by atoms with Crippen LogP contribution in [0.5, 0.6) is 0 Å². The van der Waals surface area contributed by atoms with Crippen LogP contribution in [0.25, 0.3) is 5.69 Å². The van der Waals surface area contributed by atoms with Crippen molar-refractivity contribution in [2.24, 2.45) is 0 Å². The molecule has 21 heavy (non-hydrogen) atoms. The number of rotatable bonds is 2. The number of nitrogens with zero attached hydrogens (tertiary/aromatic N) is 5. The van der Waals surface area contributed by atoms with Gasteiger partial charge in [0.05, 0.1) is 5.69 Å². The zero-order chi connectivity index (χ0) is 13.8. The summed E-state index contributed by atoms with van der Waals surface area (Å²) >= 11 is 0. The Morgan fingerprint density at radius 3 is 2.67 bits per heavy atom. The average molecular weight is 309 g/mol. The molecule has 1 fully saturated rings. The van der Waals surface area contributed by atoms with E-state index < -0.39 is 0 Å². The summed E-state index contributed by atoms with van der Waals surface area (Å²) in [5, 5.41) is 14.3. The Morgan fingerprint density at radius 1 is 1.14 bits per heavy atom. The van der Waals surface area contributed by atoms with Gasteiger partial charge in [0.2, 0.25) is 0 Å². The Labute approximate surface area is 128 Å². The Bertz CT molecular complexity index is 563. The molecule has 0 aliphatic carbocycles. The highest BCUT2D eigenvalue weighted by Gasteiger charge is 2.16. The number of hydrogen-bond acceptors (Lipinski definition) is 5. The number of aromatic nitrogens is 4. The van der Waals surface area contributed by atoms with Crippen molar-refractivity contribution < 1.29 is 4.79 Å². The summed E-state index contributed by atoms with van der Waals surface area (Å²) in [6.45, 7) is 3.39. The molecule has 7 nitrogen and oxygen atoms in total. The number of benzene rings is 1. The van der Waals surface area contributed by atoms with E-state index in [1.54, 1.807) is 4.68 Å². The van der Waals surface area contributed by atoms with Crippen molar-refractivity contribution in [2.75, 3.05) is 26.2 Å². The van der Waals surface area contributed by atoms with Gasteiger partial charge in [-0.1, -0.05) is 0 Å². The van der Waals surface area contributed by atoms with Crippen molar-refractivity contribution in [3.8, 4) is 5.69 Å². The molecule has 1 aromatic carbocycles. The van der Waals surface area contributed by atoms with Crippen molar-refractivity contribution in [1.29, 1.82) is 0 Å². The molecule has 1 aliphatic rings. The summed E-state index contributed by atoms with van der Waals surface area (Å²) in [5.74, 6) is 0.0805. The van der Waals surface area contributed by atoms with Crippen LogP contribution in [0.15, 0.2) is 30.6 Å². The molecular weight excluding hydrogens is 292 g/mol. The molecule has 0 unspecified atom stereocenters. The highest BCUT2D eigenvalue weighted by atomic mass is 35.5. The van der Waals surface area contributed by atoms with Crippen LogP contribution in [0, 0.1) is 0 Å². The molecule has 1 saturated heterocycles. The molecule has 0 spiro atoms. The fourth-order valence-electron chi connectivity index (χ4n) is 2.27. The molecule has 0 atom stereocenters. The smallest absolute Gasteiger partial charge is 0.253 e. The van der Waals surface area contributed by atoms with Crippen molar-refractivity contribution >= 4 is 18.3 Å². The molecule has 1 N–H and O–H groups in total. The first-order chi connectivity index (χ1) is 9.84. The lowest BCUT2D eigenvalue weighted by molar-refractivity contribution is 0.0766. The standard InChI is InChI=1S/C13H16N6O.ClH/c20-13(18-8-1-6-14-7-9-18)11-2-4-12(5-3-11)19-10-15-16-17-19;/h2-5,10,14H,1,6-9H2;1H. The van der Waals surface area contributed by atoms with Gasteiger partial charge < -0.3 is 10.2 Å². The molecular formula is C13H17ClN6O. The van der Waals surface area contributed by atoms with Crippen molar-refractivity contribution in [1.82, 2.24) is 30.4 Å². The summed E-state index contributed by atoms with van der Waals surface area (Å²) in [5.41, 5.74) is 1.54. The van der Waals surface area contributed by atoms with E-state index in [4.69, 9.17) is 0 Å². The van der Waals surface area contributed by atoms with E-state index in [2.05, 4.69) is 20.8 Å². The maximum Gasteiger partial charge on any atom is 0.253 e. The number of hydrogen-bond donors (Lipinski definition) is 1. The maximum atomic E-state index is 12.4. The zero-order valence-electron chi connectivity index (χ0n) is 11.5. The van der Waals surface area contributed by atoms with Crippen LogP contribution in [0.2, 0.25) is 0 Å². The minimum atomic E-state index is 0. The summed E-state index contributed by atoms with van der Waals surface area (Å²) in [4.78, 5) is 14.3. The Morgan fingerprint density at radius 2 is 1.95 bits per heavy atom. The van der Waals surface area contributed by atoms with Gasteiger partial charge >= 0.3 is 0 Å². The van der Waals surface area contributed by atoms with Crippen molar-refractivity contribution in [3.05, 3.63) is 36.2 Å². The highest BCUT2D eigenvalue weighted by Crippen LogP contribution is 2.11. The van der Waals surface area contributed by atoms with Crippen LogP contribution in [0.4, 0.5) is 0 Å². The second-order valence-electron chi connectivity index (χ2n) is 4.70. The van der Waals surface area contributed by atoms with E-state index in [0.717, 1.165) is 38.3 Å². The number of carbonyl (C=O) groups excluding carboxylic acids is 1. The fourth-order valence-corrected chi connectivity index (χ4v) is 2.27. The van der Waals surface area contributed by atoms with Gasteiger partial charge in [0.15, 0.2) is 0 Å². The normalized spacial score (nSPS) is 15.1. The minimum Gasteiger partial charge on any atom is -0.337 e. The van der Waals surface area contributed by atoms with Crippen LogP contribution in [-0.4, -0.2) is 57.2 Å². The number of carbonyl (C=O) groups is 1. The average Bonchev–Trinajstić information content (AvgIpc) is 2.89. The molecule has 1 aliphatic heterocycles. The Hall–Kier alpha value is -1.99. The number of tetrazole rings is 1. The van der Waals surface area contributed by atoms with Gasteiger partial charge in [0.1, 0.15) is 6.33 Å². The van der Waals surface area contributed by atoms with Gasteiger partial charge in [0, 0.05) is 25.2 Å². The fraction of sp³-hybridized carbons (Fsp3) is 0.385. The van der Waals surface area contributed by atoms with Gasteiger partial charge in [-0.2, -0.15) is 0 Å². The second-order valence-corrected chi connectivity index (χ2v) is 4.70. The first-order valence-corrected chi connectivity index (χ1v) is 6.68. The molecule has 0 bridgehead atoms. The summed E-state index contributed by atoms with van der Waals surface area (Å²) in [6, 6.07) is 7.33. The Kier molecular flexibility index (Phi) is 5.24. The summed E-state index contributed by atoms with van der Waals surface area (Å²) in [6.07, 6.45) is 2.52. The molecule has 1 amide bonds. The lowest BCUT2D eigenvalue weighted by Gasteiger charge is -2.20. The Balaban J connectivity index is 0.00000161. The molecule has 0 saturated carbocycles. The molecule has 1 aromatic heterocycles. The lowest BCUT2D eigenvalue weighted by Crippen LogP contribution is -2.34. The monoisotopic (exact) mass is 308 g/mol. The molecule has 3 rings (SSSR count). The van der Waals surface area contributed by atoms with Crippen LogP contribution >= 0.6 is 12.4 Å². The third-order valence-corrected chi connectivity index (χ3v) is 3.36. The first-order valence-electron chi connectivity index (χ1n) is 6.68. The largest absolute Gasteiger partial charge is 0.337 e. The van der Waals surface area contributed by atoms with E-state index in [-0.39, 0.29) is 18.3 Å². The van der Waals surface area contributed by atoms with Gasteiger partial charge in [0.25, 0.3) is 5.91 Å². The van der Waals surface area contributed by atoms with Gasteiger partial charge in [-0.05, 0) is 47.7 Å². The molecule has 8 heteroatoms. The third kappa shape index (κ3) is 3.56. The quantitative estimate of drug-likeness (QED) is 0.875. The minimum absolute atomic E-state index is 0. The zero-order valence-corrected chi connectivity index (χ0v) is 12.3. The van der Waals surface area contributed by atoms with Gasteiger partial charge in [-0.3, -0.25) is 4.79 Å². The lowest BCUT2D eigenvalue weighted by atomic mass is 10.1. The third-order valence-electron chi connectivity index (χ3n) is 3.36. The van der Waals surface area contributed by atoms with Gasteiger partial charge in [-0.15, -0.1) is 17.5 Å². The van der Waals surface area contributed by atoms with E-state index >= 15 is 0 Å². The van der Waals surface area contributed by atoms with E-state index in [1.165, 1.54) is 6.33 Å². The van der Waals surface area contributed by atoms with Crippen molar-refractivity contribution in [3.63, 3.8) is 0 Å². The topological polar surface area (TPSA) is 75.9 Å².